The van der Waals surface area contributed by atoms with Gasteiger partial charge in [0.2, 0.25) is 0 Å². The smallest absolute Gasteiger partial charge is 0.251 e. The van der Waals surface area contributed by atoms with Crippen LogP contribution in [0.15, 0.2) is 36.5 Å². The molecular weight excluding hydrogens is 285 g/mol. The van der Waals surface area contributed by atoms with Crippen molar-refractivity contribution >= 4 is 17.4 Å². The third-order valence-electron chi connectivity index (χ3n) is 2.96. The lowest BCUT2D eigenvalue weighted by Gasteiger charge is -2.13. The summed E-state index contributed by atoms with van der Waals surface area (Å²) in [6.07, 6.45) is 1.66. The monoisotopic (exact) mass is 303 g/mol. The number of aromatic nitrogens is 2. The predicted octanol–water partition coefficient (Wildman–Crippen LogP) is 1.52. The summed E-state index contributed by atoms with van der Waals surface area (Å²) in [6.45, 7) is 0.885. The second-order valence-corrected chi connectivity index (χ2v) is 4.89. The molecule has 1 aromatic heterocycles. The van der Waals surface area contributed by atoms with Gasteiger partial charge in [0.25, 0.3) is 5.91 Å². The molecule has 1 aromatic carbocycles. The lowest BCUT2D eigenvalue weighted by atomic mass is 10.2. The molecule has 1 amide bonds. The van der Waals surface area contributed by atoms with Crippen LogP contribution in [-0.4, -0.2) is 43.3 Å². The van der Waals surface area contributed by atoms with E-state index in [0.717, 1.165) is 5.69 Å². The number of amides is 1. The van der Waals surface area contributed by atoms with E-state index in [9.17, 15) is 9.18 Å². The van der Waals surface area contributed by atoms with Crippen LogP contribution in [0.2, 0.25) is 0 Å². The quantitative estimate of drug-likeness (QED) is 0.792. The number of hydrogen-bond donors (Lipinski definition) is 2. The Morgan fingerprint density at radius 2 is 2.09 bits per heavy atom. The molecule has 2 rings (SSSR count). The van der Waals surface area contributed by atoms with E-state index in [4.69, 9.17) is 0 Å². The summed E-state index contributed by atoms with van der Waals surface area (Å²) in [7, 11) is 3.83. The maximum absolute atomic E-state index is 13.0. The molecular formula is C15H18FN5O. The molecule has 0 fully saturated rings. The number of benzene rings is 1. The van der Waals surface area contributed by atoms with Crippen molar-refractivity contribution in [2.75, 3.05) is 37.4 Å². The van der Waals surface area contributed by atoms with E-state index < -0.39 is 5.82 Å². The van der Waals surface area contributed by atoms with Gasteiger partial charge in [-0.3, -0.25) is 4.79 Å². The maximum atomic E-state index is 13.0. The first kappa shape index (κ1) is 15.7. The highest BCUT2D eigenvalue weighted by molar-refractivity contribution is 5.94. The molecule has 0 aliphatic heterocycles. The zero-order chi connectivity index (χ0) is 15.9. The number of halogens is 1. The number of anilines is 2. The fourth-order valence-electron chi connectivity index (χ4n) is 1.79. The molecule has 6 nitrogen and oxygen atoms in total. The minimum Gasteiger partial charge on any atom is -0.376 e. The van der Waals surface area contributed by atoms with E-state index in [-0.39, 0.29) is 5.91 Å². The summed E-state index contributed by atoms with van der Waals surface area (Å²) in [6, 6.07) is 7.44. The van der Waals surface area contributed by atoms with Gasteiger partial charge in [0.1, 0.15) is 5.82 Å². The van der Waals surface area contributed by atoms with Gasteiger partial charge in [-0.05, 0) is 18.2 Å². The van der Waals surface area contributed by atoms with Crippen LogP contribution >= 0.6 is 0 Å². The minimum atomic E-state index is -0.429. The van der Waals surface area contributed by atoms with Crippen LogP contribution in [0.3, 0.4) is 0 Å². The number of nitrogens with one attached hydrogen (secondary N) is 2. The van der Waals surface area contributed by atoms with Crippen molar-refractivity contribution in [3.8, 4) is 0 Å². The number of hydrogen-bond acceptors (Lipinski definition) is 5. The van der Waals surface area contributed by atoms with E-state index >= 15 is 0 Å². The Morgan fingerprint density at radius 3 is 2.82 bits per heavy atom. The largest absolute Gasteiger partial charge is 0.376 e. The van der Waals surface area contributed by atoms with Crippen LogP contribution in [0.25, 0.3) is 0 Å². The van der Waals surface area contributed by atoms with Crippen molar-refractivity contribution in [1.29, 1.82) is 0 Å². The molecule has 7 heteroatoms. The molecule has 0 aliphatic carbocycles. The SMILES string of the molecule is CN(C)c1cnnc(NCCNC(=O)c2cccc(F)c2)c1. The molecule has 2 N–H and O–H groups in total. The number of carbonyl (C=O) groups excluding carboxylic acids is 1. The standard InChI is InChI=1S/C15H18FN5O/c1-21(2)13-9-14(20-19-10-13)17-6-7-18-15(22)11-4-3-5-12(16)8-11/h3-5,8-10H,6-7H2,1-2H3,(H,17,20)(H,18,22). The Labute approximate surface area is 128 Å². The molecule has 0 aliphatic rings. The van der Waals surface area contributed by atoms with Crippen molar-refractivity contribution in [1.82, 2.24) is 15.5 Å². The summed E-state index contributed by atoms with van der Waals surface area (Å²) < 4.78 is 13.0. The fourth-order valence-corrected chi connectivity index (χ4v) is 1.79. The number of rotatable bonds is 6. The number of nitrogens with zero attached hydrogens (tertiary/aromatic N) is 3. The predicted molar refractivity (Wildman–Crippen MR) is 83.6 cm³/mol. The van der Waals surface area contributed by atoms with Crippen molar-refractivity contribution in [2.24, 2.45) is 0 Å². The highest BCUT2D eigenvalue weighted by atomic mass is 19.1. The van der Waals surface area contributed by atoms with Gasteiger partial charge in [-0.15, -0.1) is 5.10 Å². The van der Waals surface area contributed by atoms with Gasteiger partial charge in [-0.1, -0.05) is 6.07 Å². The average molecular weight is 303 g/mol. The van der Waals surface area contributed by atoms with Gasteiger partial charge in [-0.25, -0.2) is 4.39 Å². The Hall–Kier alpha value is -2.70. The van der Waals surface area contributed by atoms with Crippen LogP contribution in [0, 0.1) is 5.82 Å². The lowest BCUT2D eigenvalue weighted by molar-refractivity contribution is 0.0954. The molecule has 0 saturated heterocycles. The van der Waals surface area contributed by atoms with E-state index in [1.54, 1.807) is 12.3 Å². The van der Waals surface area contributed by atoms with Gasteiger partial charge < -0.3 is 15.5 Å². The molecule has 2 aromatic rings. The second kappa shape index (κ2) is 7.35. The van der Waals surface area contributed by atoms with Gasteiger partial charge in [0, 0.05) is 38.8 Å². The summed E-state index contributed by atoms with van der Waals surface area (Å²) in [5.74, 6) is -0.109. The van der Waals surface area contributed by atoms with Crippen LogP contribution < -0.4 is 15.5 Å². The molecule has 0 atom stereocenters. The third-order valence-corrected chi connectivity index (χ3v) is 2.96. The molecule has 0 spiro atoms. The summed E-state index contributed by atoms with van der Waals surface area (Å²) in [5, 5.41) is 13.6. The first-order valence-corrected chi connectivity index (χ1v) is 6.84. The highest BCUT2D eigenvalue weighted by Gasteiger charge is 2.05. The van der Waals surface area contributed by atoms with Crippen molar-refractivity contribution in [2.45, 2.75) is 0 Å². The maximum Gasteiger partial charge on any atom is 0.251 e. The highest BCUT2D eigenvalue weighted by Crippen LogP contribution is 2.12. The van der Waals surface area contributed by atoms with Gasteiger partial charge in [0.15, 0.2) is 5.82 Å². The van der Waals surface area contributed by atoms with E-state index in [1.807, 2.05) is 25.1 Å². The topological polar surface area (TPSA) is 70.2 Å². The van der Waals surface area contributed by atoms with Crippen LogP contribution in [0.5, 0.6) is 0 Å². The molecule has 0 radical (unpaired) electrons. The molecule has 116 valence electrons. The van der Waals surface area contributed by atoms with Crippen molar-refractivity contribution < 1.29 is 9.18 Å². The summed E-state index contributed by atoms with van der Waals surface area (Å²) >= 11 is 0. The Bertz CT molecular complexity index is 647. The fraction of sp³-hybridized carbons (Fsp3) is 0.267. The first-order valence-electron chi connectivity index (χ1n) is 6.84. The van der Waals surface area contributed by atoms with Crippen LogP contribution in [-0.2, 0) is 0 Å². The van der Waals surface area contributed by atoms with Gasteiger partial charge in [0.05, 0.1) is 11.9 Å². The first-order chi connectivity index (χ1) is 10.6. The lowest BCUT2D eigenvalue weighted by Crippen LogP contribution is -2.29. The molecule has 0 saturated carbocycles. The normalized spacial score (nSPS) is 10.1. The zero-order valence-electron chi connectivity index (χ0n) is 12.5. The second-order valence-electron chi connectivity index (χ2n) is 4.89. The molecule has 0 unspecified atom stereocenters. The van der Waals surface area contributed by atoms with Crippen LogP contribution in [0.4, 0.5) is 15.9 Å². The number of carbonyl (C=O) groups is 1. The molecule has 0 bridgehead atoms. The third kappa shape index (κ3) is 4.41. The Kier molecular flexibility index (Phi) is 5.24. The average Bonchev–Trinajstić information content (AvgIpc) is 2.51. The molecule has 22 heavy (non-hydrogen) atoms. The Balaban J connectivity index is 1.80. The summed E-state index contributed by atoms with van der Waals surface area (Å²) in [4.78, 5) is 13.7. The van der Waals surface area contributed by atoms with Gasteiger partial charge >= 0.3 is 0 Å². The zero-order valence-corrected chi connectivity index (χ0v) is 12.5. The van der Waals surface area contributed by atoms with Crippen molar-refractivity contribution in [3.63, 3.8) is 0 Å². The van der Waals surface area contributed by atoms with Crippen LogP contribution in [0.1, 0.15) is 10.4 Å². The van der Waals surface area contributed by atoms with E-state index in [1.165, 1.54) is 18.2 Å². The minimum absolute atomic E-state index is 0.300. The van der Waals surface area contributed by atoms with E-state index in [0.29, 0.717) is 24.5 Å². The summed E-state index contributed by atoms with van der Waals surface area (Å²) in [5.41, 5.74) is 1.23. The van der Waals surface area contributed by atoms with Gasteiger partial charge in [-0.2, -0.15) is 5.10 Å². The molecule has 1 heterocycles. The Morgan fingerprint density at radius 1 is 1.27 bits per heavy atom. The van der Waals surface area contributed by atoms with Crippen molar-refractivity contribution in [3.05, 3.63) is 47.9 Å². The van der Waals surface area contributed by atoms with E-state index in [2.05, 4.69) is 20.8 Å².